The average molecular weight is 279 g/mol. The van der Waals surface area contributed by atoms with Crippen molar-refractivity contribution in [1.82, 2.24) is 9.47 Å². The summed E-state index contributed by atoms with van der Waals surface area (Å²) >= 11 is 0. The van der Waals surface area contributed by atoms with Gasteiger partial charge < -0.3 is 9.47 Å². The number of Topliss-reactive ketones (excluding diaryl/α,β-unsaturated/α-hetero) is 1. The zero-order chi connectivity index (χ0) is 14.7. The standard InChI is InChI=1S/C12H13N3O5/c16-9-3-6-13(7-4-9)11(17)8-14-5-1-2-10(12(14)18)15(19)20/h1-2,5H,3-4,6-8H2. The molecule has 0 bridgehead atoms. The first-order chi connectivity index (χ1) is 9.49. The largest absolute Gasteiger partial charge is 0.340 e. The molecule has 1 fully saturated rings. The highest BCUT2D eigenvalue weighted by atomic mass is 16.6. The Balaban J connectivity index is 2.12. The van der Waals surface area contributed by atoms with Crippen LogP contribution in [0.5, 0.6) is 0 Å². The van der Waals surface area contributed by atoms with Crippen molar-refractivity contribution >= 4 is 17.4 Å². The van der Waals surface area contributed by atoms with E-state index in [0.29, 0.717) is 25.9 Å². The maximum atomic E-state index is 12.0. The number of nitro groups is 1. The van der Waals surface area contributed by atoms with E-state index in [1.807, 2.05) is 0 Å². The van der Waals surface area contributed by atoms with E-state index in [1.165, 1.54) is 17.2 Å². The Morgan fingerprint density at radius 2 is 1.95 bits per heavy atom. The smallest absolute Gasteiger partial charge is 0.334 e. The van der Waals surface area contributed by atoms with Gasteiger partial charge in [-0.15, -0.1) is 0 Å². The number of aromatic nitrogens is 1. The third-order valence-corrected chi connectivity index (χ3v) is 3.18. The Hall–Kier alpha value is -2.51. The average Bonchev–Trinajstić information content (AvgIpc) is 2.41. The number of piperidine rings is 1. The maximum Gasteiger partial charge on any atom is 0.334 e. The highest BCUT2D eigenvalue weighted by Crippen LogP contribution is 2.07. The second-order valence-corrected chi connectivity index (χ2v) is 4.50. The first-order valence-electron chi connectivity index (χ1n) is 6.12. The fourth-order valence-electron chi connectivity index (χ4n) is 2.04. The van der Waals surface area contributed by atoms with Crippen LogP contribution in [-0.2, 0) is 16.1 Å². The van der Waals surface area contributed by atoms with Gasteiger partial charge >= 0.3 is 11.2 Å². The van der Waals surface area contributed by atoms with Gasteiger partial charge in [0, 0.05) is 38.2 Å². The molecule has 1 aromatic rings. The van der Waals surface area contributed by atoms with Crippen LogP contribution >= 0.6 is 0 Å². The van der Waals surface area contributed by atoms with Gasteiger partial charge in [-0.3, -0.25) is 24.5 Å². The lowest BCUT2D eigenvalue weighted by molar-refractivity contribution is -0.386. The number of pyridine rings is 1. The number of hydrogen-bond acceptors (Lipinski definition) is 5. The molecule has 8 nitrogen and oxygen atoms in total. The fourth-order valence-corrected chi connectivity index (χ4v) is 2.04. The number of ketones is 1. The number of rotatable bonds is 3. The van der Waals surface area contributed by atoms with Crippen LogP contribution in [0.25, 0.3) is 0 Å². The summed E-state index contributed by atoms with van der Waals surface area (Å²) in [5, 5.41) is 10.7. The van der Waals surface area contributed by atoms with Crippen molar-refractivity contribution < 1.29 is 14.5 Å². The molecule has 1 aromatic heterocycles. The summed E-state index contributed by atoms with van der Waals surface area (Å²) in [4.78, 5) is 46.2. The topological polar surface area (TPSA) is 103 Å². The van der Waals surface area contributed by atoms with Crippen LogP contribution in [0.4, 0.5) is 5.69 Å². The van der Waals surface area contributed by atoms with Gasteiger partial charge in [-0.25, -0.2) is 0 Å². The van der Waals surface area contributed by atoms with Crippen LogP contribution in [0.3, 0.4) is 0 Å². The van der Waals surface area contributed by atoms with Crippen LogP contribution < -0.4 is 5.56 Å². The summed E-state index contributed by atoms with van der Waals surface area (Å²) in [5.74, 6) is -0.207. The van der Waals surface area contributed by atoms with E-state index in [0.717, 1.165) is 10.6 Å². The van der Waals surface area contributed by atoms with E-state index in [2.05, 4.69) is 0 Å². The molecule has 0 N–H and O–H groups in total. The summed E-state index contributed by atoms with van der Waals surface area (Å²) in [5.41, 5.74) is -1.37. The number of amides is 1. The van der Waals surface area contributed by atoms with Gasteiger partial charge in [0.15, 0.2) is 0 Å². The van der Waals surface area contributed by atoms with Crippen LogP contribution in [0, 0.1) is 10.1 Å². The van der Waals surface area contributed by atoms with E-state index >= 15 is 0 Å². The molecule has 1 aliphatic rings. The number of carbonyl (C=O) groups is 2. The van der Waals surface area contributed by atoms with Crippen molar-refractivity contribution in [3.63, 3.8) is 0 Å². The number of hydrogen-bond donors (Lipinski definition) is 0. The highest BCUT2D eigenvalue weighted by Gasteiger charge is 2.22. The molecule has 106 valence electrons. The second-order valence-electron chi connectivity index (χ2n) is 4.50. The van der Waals surface area contributed by atoms with Gasteiger partial charge in [0.1, 0.15) is 12.3 Å². The molecule has 1 aliphatic heterocycles. The van der Waals surface area contributed by atoms with Crippen molar-refractivity contribution in [1.29, 1.82) is 0 Å². The zero-order valence-corrected chi connectivity index (χ0v) is 10.7. The molecule has 2 rings (SSSR count). The Labute approximate surface area is 113 Å². The minimum atomic E-state index is -0.807. The maximum absolute atomic E-state index is 12.0. The minimum Gasteiger partial charge on any atom is -0.340 e. The molecular formula is C12H13N3O5. The molecule has 0 saturated carbocycles. The number of nitrogens with zero attached hydrogens (tertiary/aromatic N) is 3. The van der Waals surface area contributed by atoms with E-state index in [9.17, 15) is 24.5 Å². The zero-order valence-electron chi connectivity index (χ0n) is 10.7. The van der Waals surface area contributed by atoms with Crippen LogP contribution in [0.15, 0.2) is 23.1 Å². The molecule has 0 aliphatic carbocycles. The van der Waals surface area contributed by atoms with E-state index in [-0.39, 0.29) is 18.2 Å². The molecule has 0 spiro atoms. The molecule has 2 heterocycles. The number of likely N-dealkylation sites (tertiary alicyclic amines) is 1. The molecular weight excluding hydrogens is 266 g/mol. The normalized spacial score (nSPS) is 15.2. The van der Waals surface area contributed by atoms with Gasteiger partial charge in [0.05, 0.1) is 4.92 Å². The lowest BCUT2D eigenvalue weighted by atomic mass is 10.1. The molecule has 1 saturated heterocycles. The van der Waals surface area contributed by atoms with E-state index in [4.69, 9.17) is 0 Å². The monoisotopic (exact) mass is 279 g/mol. The van der Waals surface area contributed by atoms with Gasteiger partial charge in [-0.05, 0) is 6.07 Å². The number of carbonyl (C=O) groups excluding carboxylic acids is 2. The lowest BCUT2D eigenvalue weighted by Gasteiger charge is -2.26. The van der Waals surface area contributed by atoms with Gasteiger partial charge in [-0.1, -0.05) is 0 Å². The first kappa shape index (κ1) is 13.9. The molecule has 0 radical (unpaired) electrons. The molecule has 0 aromatic carbocycles. The summed E-state index contributed by atoms with van der Waals surface area (Å²) in [6.07, 6.45) is 1.97. The van der Waals surface area contributed by atoms with Crippen molar-refractivity contribution in [2.45, 2.75) is 19.4 Å². The summed E-state index contributed by atoms with van der Waals surface area (Å²) in [6, 6.07) is 2.45. The second kappa shape index (κ2) is 5.64. The lowest BCUT2D eigenvalue weighted by Crippen LogP contribution is -2.41. The third kappa shape index (κ3) is 2.90. The summed E-state index contributed by atoms with van der Waals surface area (Å²) in [7, 11) is 0. The Bertz CT molecular complexity index is 612. The summed E-state index contributed by atoms with van der Waals surface area (Å²) < 4.78 is 1.01. The van der Waals surface area contributed by atoms with Crippen molar-refractivity contribution in [2.75, 3.05) is 13.1 Å². The molecule has 1 amide bonds. The van der Waals surface area contributed by atoms with Crippen LogP contribution in [-0.4, -0.2) is 39.2 Å². The molecule has 0 atom stereocenters. The van der Waals surface area contributed by atoms with Gasteiger partial charge in [0.25, 0.3) is 0 Å². The molecule has 8 heteroatoms. The van der Waals surface area contributed by atoms with Crippen molar-refractivity contribution in [3.8, 4) is 0 Å². The molecule has 0 unspecified atom stereocenters. The van der Waals surface area contributed by atoms with Crippen molar-refractivity contribution in [2.24, 2.45) is 0 Å². The first-order valence-corrected chi connectivity index (χ1v) is 6.12. The molecule has 20 heavy (non-hydrogen) atoms. The fraction of sp³-hybridized carbons (Fsp3) is 0.417. The van der Waals surface area contributed by atoms with E-state index in [1.54, 1.807) is 0 Å². The Kier molecular flexibility index (Phi) is 3.92. The Morgan fingerprint density at radius 3 is 2.55 bits per heavy atom. The summed E-state index contributed by atoms with van der Waals surface area (Å²) in [6.45, 7) is 0.414. The van der Waals surface area contributed by atoms with Crippen LogP contribution in [0.1, 0.15) is 12.8 Å². The SMILES string of the molecule is O=C1CCN(C(=O)Cn2cccc([N+](=O)[O-])c2=O)CC1. The van der Waals surface area contributed by atoms with Crippen LogP contribution in [0.2, 0.25) is 0 Å². The third-order valence-electron chi connectivity index (χ3n) is 3.18. The van der Waals surface area contributed by atoms with Crippen molar-refractivity contribution in [3.05, 3.63) is 38.8 Å². The minimum absolute atomic E-state index is 0.113. The predicted molar refractivity (Wildman–Crippen MR) is 68.2 cm³/mol. The van der Waals surface area contributed by atoms with Gasteiger partial charge in [-0.2, -0.15) is 0 Å². The quantitative estimate of drug-likeness (QED) is 0.570. The predicted octanol–water partition coefficient (Wildman–Crippen LogP) is -0.0520. The Morgan fingerprint density at radius 1 is 1.30 bits per heavy atom. The van der Waals surface area contributed by atoms with E-state index < -0.39 is 16.2 Å². The van der Waals surface area contributed by atoms with Gasteiger partial charge in [0.2, 0.25) is 5.91 Å². The highest BCUT2D eigenvalue weighted by molar-refractivity contribution is 5.83.